The molecule has 4 heteroatoms. The molecule has 0 N–H and O–H groups in total. The standard InChI is InChI=1S/C11H18O2.C5H5N.ClH/c12-10-7-5-3-1-2-4-6-8-11(13)9-10;1-2-4-6-5-3-1;/h1-9H2;1-5H;1H. The zero-order valence-corrected chi connectivity index (χ0v) is 12.7. The van der Waals surface area contributed by atoms with Crippen molar-refractivity contribution in [2.45, 2.75) is 57.8 Å². The molecule has 1 aliphatic carbocycles. The first kappa shape index (κ1) is 18.8. The van der Waals surface area contributed by atoms with Crippen molar-refractivity contribution in [2.75, 3.05) is 0 Å². The van der Waals surface area contributed by atoms with Gasteiger partial charge < -0.3 is 0 Å². The summed E-state index contributed by atoms with van der Waals surface area (Å²) in [6.07, 6.45) is 11.6. The Kier molecular flexibility index (Phi) is 12.0. The minimum Gasteiger partial charge on any atom is -0.299 e. The average molecular weight is 298 g/mol. The highest BCUT2D eigenvalue weighted by atomic mass is 35.5. The summed E-state index contributed by atoms with van der Waals surface area (Å²) in [4.78, 5) is 26.2. The first-order valence-electron chi connectivity index (χ1n) is 7.17. The van der Waals surface area contributed by atoms with Gasteiger partial charge in [0.05, 0.1) is 6.42 Å². The predicted molar refractivity (Wildman–Crippen MR) is 83.1 cm³/mol. The summed E-state index contributed by atoms with van der Waals surface area (Å²) < 4.78 is 0. The molecule has 1 saturated carbocycles. The third-order valence-corrected chi connectivity index (χ3v) is 3.12. The van der Waals surface area contributed by atoms with Crippen molar-refractivity contribution < 1.29 is 9.59 Å². The molecule has 1 fully saturated rings. The minimum atomic E-state index is 0. The molecule has 3 nitrogen and oxygen atoms in total. The minimum absolute atomic E-state index is 0. The molecule has 0 bridgehead atoms. The summed E-state index contributed by atoms with van der Waals surface area (Å²) in [5, 5.41) is 0. The Morgan fingerprint density at radius 1 is 0.700 bits per heavy atom. The van der Waals surface area contributed by atoms with Gasteiger partial charge in [-0.25, -0.2) is 0 Å². The second kappa shape index (κ2) is 12.8. The van der Waals surface area contributed by atoms with Crippen LogP contribution in [0.3, 0.4) is 0 Å². The van der Waals surface area contributed by atoms with Crippen LogP contribution in [0.25, 0.3) is 0 Å². The van der Waals surface area contributed by atoms with Crippen LogP contribution in [0.5, 0.6) is 0 Å². The number of carbonyl (C=O) groups excluding carboxylic acids is 2. The van der Waals surface area contributed by atoms with Gasteiger partial charge in [-0.2, -0.15) is 0 Å². The highest BCUT2D eigenvalue weighted by molar-refractivity contribution is 5.98. The maximum atomic E-state index is 11.2. The Labute approximate surface area is 127 Å². The van der Waals surface area contributed by atoms with Crippen LogP contribution >= 0.6 is 12.4 Å². The Balaban J connectivity index is 0.000000434. The molecule has 1 aliphatic rings. The molecule has 0 aliphatic heterocycles. The van der Waals surface area contributed by atoms with Crippen molar-refractivity contribution in [1.29, 1.82) is 0 Å². The summed E-state index contributed by atoms with van der Waals surface area (Å²) >= 11 is 0. The third-order valence-electron chi connectivity index (χ3n) is 3.12. The predicted octanol–water partition coefficient (Wildman–Crippen LogP) is 4.15. The van der Waals surface area contributed by atoms with E-state index in [1.54, 1.807) is 12.4 Å². The van der Waals surface area contributed by atoms with E-state index in [0.717, 1.165) is 25.7 Å². The number of hydrogen-bond donors (Lipinski definition) is 0. The number of nitrogens with zero attached hydrogens (tertiary/aromatic N) is 1. The van der Waals surface area contributed by atoms with Crippen LogP contribution in [0.1, 0.15) is 57.8 Å². The number of hydrogen-bond acceptors (Lipinski definition) is 3. The lowest BCUT2D eigenvalue weighted by atomic mass is 10.1. The summed E-state index contributed by atoms with van der Waals surface area (Å²) in [5.41, 5.74) is 0. The highest BCUT2D eigenvalue weighted by Crippen LogP contribution is 2.12. The van der Waals surface area contributed by atoms with Crippen molar-refractivity contribution >= 4 is 24.0 Å². The Morgan fingerprint density at radius 2 is 1.15 bits per heavy atom. The van der Waals surface area contributed by atoms with Crippen molar-refractivity contribution in [3.63, 3.8) is 0 Å². The molecule has 1 aromatic rings. The van der Waals surface area contributed by atoms with Crippen LogP contribution < -0.4 is 0 Å². The van der Waals surface area contributed by atoms with Crippen LogP contribution in [-0.4, -0.2) is 16.6 Å². The average Bonchev–Trinajstić information content (AvgIpc) is 2.47. The number of Topliss-reactive ketones (excluding diaryl/α,β-unsaturated/α-hetero) is 2. The molecule has 1 heterocycles. The number of ketones is 2. The lowest BCUT2D eigenvalue weighted by molar-refractivity contribution is -0.127. The van der Waals surface area contributed by atoms with Crippen molar-refractivity contribution in [3.8, 4) is 0 Å². The largest absolute Gasteiger partial charge is 0.299 e. The van der Waals surface area contributed by atoms with E-state index in [1.165, 1.54) is 12.8 Å². The fourth-order valence-electron chi connectivity index (χ4n) is 2.06. The Bertz CT molecular complexity index is 321. The first-order valence-corrected chi connectivity index (χ1v) is 7.17. The molecule has 112 valence electrons. The van der Waals surface area contributed by atoms with E-state index in [4.69, 9.17) is 0 Å². The fraction of sp³-hybridized carbons (Fsp3) is 0.562. The SMILES string of the molecule is Cl.O=C1CCCCCCCCC(=O)C1.c1ccncc1. The van der Waals surface area contributed by atoms with E-state index >= 15 is 0 Å². The van der Waals surface area contributed by atoms with Crippen LogP contribution in [0.2, 0.25) is 0 Å². The maximum absolute atomic E-state index is 11.2. The molecule has 2 rings (SSSR count). The van der Waals surface area contributed by atoms with Crippen molar-refractivity contribution in [2.24, 2.45) is 0 Å². The summed E-state index contributed by atoms with van der Waals surface area (Å²) in [7, 11) is 0. The van der Waals surface area contributed by atoms with E-state index < -0.39 is 0 Å². The smallest absolute Gasteiger partial charge is 0.140 e. The molecule has 0 aromatic carbocycles. The van der Waals surface area contributed by atoms with E-state index in [9.17, 15) is 9.59 Å². The molecule has 1 aromatic heterocycles. The normalized spacial score (nSPS) is 17.0. The van der Waals surface area contributed by atoms with E-state index in [-0.39, 0.29) is 30.4 Å². The monoisotopic (exact) mass is 297 g/mol. The summed E-state index contributed by atoms with van der Waals surface area (Å²) in [6, 6.07) is 5.72. The number of aromatic nitrogens is 1. The maximum Gasteiger partial charge on any atom is 0.140 e. The van der Waals surface area contributed by atoms with Gasteiger partial charge in [-0.3, -0.25) is 14.6 Å². The third kappa shape index (κ3) is 10.7. The Morgan fingerprint density at radius 3 is 1.50 bits per heavy atom. The van der Waals surface area contributed by atoms with E-state index in [1.807, 2.05) is 18.2 Å². The molecule has 20 heavy (non-hydrogen) atoms. The summed E-state index contributed by atoms with van der Waals surface area (Å²) in [5.74, 6) is 0.291. The van der Waals surface area contributed by atoms with E-state index in [2.05, 4.69) is 4.98 Å². The zero-order chi connectivity index (χ0) is 13.8. The lowest BCUT2D eigenvalue weighted by Gasteiger charge is -1.97. The topological polar surface area (TPSA) is 47.0 Å². The molecule has 0 spiro atoms. The first-order chi connectivity index (χ1) is 9.29. The zero-order valence-electron chi connectivity index (χ0n) is 11.9. The Hall–Kier alpha value is -1.22. The summed E-state index contributed by atoms with van der Waals surface area (Å²) in [6.45, 7) is 0. The van der Waals surface area contributed by atoms with Crippen LogP contribution in [0.4, 0.5) is 0 Å². The van der Waals surface area contributed by atoms with Gasteiger partial charge in [0, 0.05) is 25.2 Å². The number of halogens is 1. The highest BCUT2D eigenvalue weighted by Gasteiger charge is 2.10. The molecule has 0 unspecified atom stereocenters. The van der Waals surface area contributed by atoms with E-state index in [0.29, 0.717) is 12.8 Å². The van der Waals surface area contributed by atoms with Gasteiger partial charge in [0.25, 0.3) is 0 Å². The quantitative estimate of drug-likeness (QED) is 0.676. The van der Waals surface area contributed by atoms with Gasteiger partial charge in [-0.15, -0.1) is 12.4 Å². The lowest BCUT2D eigenvalue weighted by Crippen LogP contribution is -2.06. The number of pyridine rings is 1. The van der Waals surface area contributed by atoms with Gasteiger partial charge in [0.1, 0.15) is 11.6 Å². The van der Waals surface area contributed by atoms with Crippen molar-refractivity contribution in [1.82, 2.24) is 4.98 Å². The van der Waals surface area contributed by atoms with Crippen LogP contribution in [0.15, 0.2) is 30.6 Å². The fourth-order valence-corrected chi connectivity index (χ4v) is 2.06. The molecular weight excluding hydrogens is 274 g/mol. The van der Waals surface area contributed by atoms with Gasteiger partial charge in [0.15, 0.2) is 0 Å². The molecule has 0 amide bonds. The molecule has 0 radical (unpaired) electrons. The van der Waals surface area contributed by atoms with Crippen LogP contribution in [0, 0.1) is 0 Å². The second-order valence-electron chi connectivity index (χ2n) is 4.90. The number of rotatable bonds is 0. The number of carbonyl (C=O) groups is 2. The van der Waals surface area contributed by atoms with Gasteiger partial charge in [-0.05, 0) is 25.0 Å². The van der Waals surface area contributed by atoms with Crippen LogP contribution in [-0.2, 0) is 9.59 Å². The molecule has 0 saturated heterocycles. The van der Waals surface area contributed by atoms with Gasteiger partial charge in [-0.1, -0.05) is 31.7 Å². The van der Waals surface area contributed by atoms with Gasteiger partial charge >= 0.3 is 0 Å². The second-order valence-corrected chi connectivity index (χ2v) is 4.90. The van der Waals surface area contributed by atoms with Crippen molar-refractivity contribution in [3.05, 3.63) is 30.6 Å². The molecular formula is C16H24ClNO2. The van der Waals surface area contributed by atoms with Gasteiger partial charge in [0.2, 0.25) is 0 Å². The molecule has 0 atom stereocenters.